The second-order valence-corrected chi connectivity index (χ2v) is 1.22. The minimum absolute atomic E-state index is 0. The molecule has 5 heteroatoms. The first-order chi connectivity index (χ1) is 3.00. The molecular formula is C4H11F3O2. The summed E-state index contributed by atoms with van der Waals surface area (Å²) in [6, 6.07) is 0. The quantitative estimate of drug-likeness (QED) is 0.497. The highest BCUT2D eigenvalue weighted by atomic mass is 19.0. The van der Waals surface area contributed by atoms with E-state index in [-0.39, 0.29) is 14.1 Å². The SMILES string of the molecule is C1COCCO1.F.F.F. The largest absolute Gasteiger partial charge is 0.377 e. The van der Waals surface area contributed by atoms with Crippen molar-refractivity contribution in [2.75, 3.05) is 26.4 Å². The van der Waals surface area contributed by atoms with Crippen LogP contribution in [0.15, 0.2) is 0 Å². The molecule has 0 atom stereocenters. The van der Waals surface area contributed by atoms with Crippen molar-refractivity contribution in [3.8, 4) is 0 Å². The lowest BCUT2D eigenvalue weighted by atomic mass is 10.6. The predicted molar refractivity (Wildman–Crippen MR) is 29.1 cm³/mol. The second-order valence-electron chi connectivity index (χ2n) is 1.22. The van der Waals surface area contributed by atoms with Crippen LogP contribution in [0.3, 0.4) is 0 Å². The number of hydrogen-bond donors (Lipinski definition) is 0. The summed E-state index contributed by atoms with van der Waals surface area (Å²) in [6.45, 7) is 3.11. The molecule has 0 bridgehead atoms. The van der Waals surface area contributed by atoms with Crippen molar-refractivity contribution in [1.29, 1.82) is 0 Å². The zero-order valence-corrected chi connectivity index (χ0v) is 4.87. The van der Waals surface area contributed by atoms with E-state index in [0.29, 0.717) is 0 Å². The molecule has 0 spiro atoms. The zero-order valence-electron chi connectivity index (χ0n) is 4.87. The van der Waals surface area contributed by atoms with E-state index in [1.54, 1.807) is 0 Å². The molecule has 0 aliphatic carbocycles. The molecule has 0 aromatic heterocycles. The Labute approximate surface area is 51.2 Å². The molecule has 1 aliphatic heterocycles. The van der Waals surface area contributed by atoms with Gasteiger partial charge in [-0.3, -0.25) is 14.1 Å². The van der Waals surface area contributed by atoms with Gasteiger partial charge in [-0.2, -0.15) is 0 Å². The van der Waals surface area contributed by atoms with Crippen molar-refractivity contribution >= 4 is 0 Å². The highest BCUT2D eigenvalue weighted by Crippen LogP contribution is 1.85. The van der Waals surface area contributed by atoms with Gasteiger partial charge in [0.15, 0.2) is 0 Å². The van der Waals surface area contributed by atoms with Crippen LogP contribution in [-0.2, 0) is 9.47 Å². The molecule has 0 amide bonds. The van der Waals surface area contributed by atoms with Gasteiger partial charge in [-0.1, -0.05) is 0 Å². The molecule has 1 heterocycles. The number of halogens is 3. The summed E-state index contributed by atoms with van der Waals surface area (Å²) in [5, 5.41) is 0. The van der Waals surface area contributed by atoms with Crippen molar-refractivity contribution in [1.82, 2.24) is 0 Å². The van der Waals surface area contributed by atoms with Crippen LogP contribution >= 0.6 is 0 Å². The average Bonchev–Trinajstić information content (AvgIpc) is 1.72. The summed E-state index contributed by atoms with van der Waals surface area (Å²) in [5.74, 6) is 0. The van der Waals surface area contributed by atoms with E-state index < -0.39 is 0 Å². The van der Waals surface area contributed by atoms with Crippen molar-refractivity contribution in [2.45, 2.75) is 0 Å². The van der Waals surface area contributed by atoms with E-state index in [2.05, 4.69) is 0 Å². The third-order valence-corrected chi connectivity index (χ3v) is 0.744. The molecule has 0 unspecified atom stereocenters. The van der Waals surface area contributed by atoms with Crippen LogP contribution in [0.1, 0.15) is 0 Å². The van der Waals surface area contributed by atoms with Gasteiger partial charge in [-0.25, -0.2) is 0 Å². The van der Waals surface area contributed by atoms with Gasteiger partial charge in [0.2, 0.25) is 0 Å². The summed E-state index contributed by atoms with van der Waals surface area (Å²) in [6.07, 6.45) is 0. The van der Waals surface area contributed by atoms with Gasteiger partial charge in [0.05, 0.1) is 26.4 Å². The minimum atomic E-state index is 0. The van der Waals surface area contributed by atoms with Gasteiger partial charge >= 0.3 is 0 Å². The van der Waals surface area contributed by atoms with E-state index in [9.17, 15) is 0 Å². The van der Waals surface area contributed by atoms with Gasteiger partial charge < -0.3 is 9.47 Å². The van der Waals surface area contributed by atoms with Gasteiger partial charge in [0, 0.05) is 0 Å². The summed E-state index contributed by atoms with van der Waals surface area (Å²) in [4.78, 5) is 0. The Kier molecular flexibility index (Phi) is 18.8. The molecule has 0 radical (unpaired) electrons. The molecule has 1 saturated heterocycles. The Bertz CT molecular complexity index is 29.3. The lowest BCUT2D eigenvalue weighted by Crippen LogP contribution is -2.16. The molecule has 1 rings (SSSR count). The van der Waals surface area contributed by atoms with Crippen LogP contribution in [0, 0.1) is 0 Å². The predicted octanol–water partition coefficient (Wildman–Crippen LogP) is 0.491. The summed E-state index contributed by atoms with van der Waals surface area (Å²) >= 11 is 0. The number of ether oxygens (including phenoxy) is 2. The first-order valence-corrected chi connectivity index (χ1v) is 2.15. The fourth-order valence-corrected chi connectivity index (χ4v) is 0.440. The summed E-state index contributed by atoms with van der Waals surface area (Å²) < 4.78 is 9.89. The Balaban J connectivity index is -0.000000120. The minimum Gasteiger partial charge on any atom is -0.377 e. The topological polar surface area (TPSA) is 18.5 Å². The van der Waals surface area contributed by atoms with Gasteiger partial charge in [-0.15, -0.1) is 0 Å². The fraction of sp³-hybridized carbons (Fsp3) is 1.00. The lowest BCUT2D eigenvalue weighted by molar-refractivity contribution is -0.0334. The van der Waals surface area contributed by atoms with Crippen LogP contribution in [0.25, 0.3) is 0 Å². The van der Waals surface area contributed by atoms with Gasteiger partial charge in [-0.05, 0) is 0 Å². The van der Waals surface area contributed by atoms with Crippen LogP contribution in [0.5, 0.6) is 0 Å². The van der Waals surface area contributed by atoms with Gasteiger partial charge in [0.25, 0.3) is 0 Å². The Hall–Kier alpha value is -0.290. The Morgan fingerprint density at radius 2 is 0.778 bits per heavy atom. The third-order valence-electron chi connectivity index (χ3n) is 0.744. The van der Waals surface area contributed by atoms with E-state index in [4.69, 9.17) is 9.47 Å². The maximum Gasteiger partial charge on any atom is 0.0701 e. The Morgan fingerprint density at radius 1 is 0.556 bits per heavy atom. The lowest BCUT2D eigenvalue weighted by Gasteiger charge is -2.09. The molecule has 0 aromatic rings. The van der Waals surface area contributed by atoms with E-state index >= 15 is 0 Å². The molecule has 1 fully saturated rings. The summed E-state index contributed by atoms with van der Waals surface area (Å²) in [5.41, 5.74) is 0. The highest BCUT2D eigenvalue weighted by molar-refractivity contribution is 4.37. The van der Waals surface area contributed by atoms with Crippen molar-refractivity contribution in [2.24, 2.45) is 0 Å². The standard InChI is InChI=1S/C4H8O2.3FH/c1-2-6-4-3-5-1;;;/h1-4H2;3*1H. The van der Waals surface area contributed by atoms with E-state index in [1.807, 2.05) is 0 Å². The summed E-state index contributed by atoms with van der Waals surface area (Å²) in [7, 11) is 0. The first kappa shape index (κ1) is 15.9. The molecule has 0 saturated carbocycles. The van der Waals surface area contributed by atoms with Crippen LogP contribution in [0.4, 0.5) is 14.1 Å². The van der Waals surface area contributed by atoms with Gasteiger partial charge in [0.1, 0.15) is 0 Å². The first-order valence-electron chi connectivity index (χ1n) is 2.15. The van der Waals surface area contributed by atoms with Crippen molar-refractivity contribution in [3.63, 3.8) is 0 Å². The smallest absolute Gasteiger partial charge is 0.0701 e. The molecule has 60 valence electrons. The van der Waals surface area contributed by atoms with E-state index in [0.717, 1.165) is 26.4 Å². The zero-order chi connectivity index (χ0) is 4.24. The van der Waals surface area contributed by atoms with Crippen LogP contribution in [-0.4, -0.2) is 26.4 Å². The Morgan fingerprint density at radius 3 is 0.889 bits per heavy atom. The van der Waals surface area contributed by atoms with Crippen LogP contribution < -0.4 is 0 Å². The van der Waals surface area contributed by atoms with Crippen molar-refractivity contribution in [3.05, 3.63) is 0 Å². The number of rotatable bonds is 0. The van der Waals surface area contributed by atoms with Crippen molar-refractivity contribution < 1.29 is 23.6 Å². The molecule has 2 nitrogen and oxygen atoms in total. The fourth-order valence-electron chi connectivity index (χ4n) is 0.440. The second kappa shape index (κ2) is 10.6. The monoisotopic (exact) mass is 148 g/mol. The molecular weight excluding hydrogens is 137 g/mol. The molecule has 0 aromatic carbocycles. The average molecular weight is 148 g/mol. The highest BCUT2D eigenvalue weighted by Gasteiger charge is 1.94. The molecule has 0 N–H and O–H groups in total. The number of hydrogen-bond acceptors (Lipinski definition) is 2. The maximum absolute atomic E-state index is 4.94. The van der Waals surface area contributed by atoms with Crippen LogP contribution in [0.2, 0.25) is 0 Å². The molecule has 1 aliphatic rings. The molecule has 9 heavy (non-hydrogen) atoms. The third kappa shape index (κ3) is 7.71. The normalized spacial score (nSPS) is 16.0. The van der Waals surface area contributed by atoms with E-state index in [1.165, 1.54) is 0 Å². The maximum atomic E-state index is 4.94.